The van der Waals surface area contributed by atoms with Gasteiger partial charge in [0.15, 0.2) is 6.04 Å². The van der Waals surface area contributed by atoms with Crippen molar-refractivity contribution in [3.63, 3.8) is 0 Å². The number of primary sulfonamides is 1. The largest absolute Gasteiger partial charge is 0.364 e. The molecule has 3 atom stereocenters. The highest BCUT2D eigenvalue weighted by molar-refractivity contribution is 7.89. The van der Waals surface area contributed by atoms with Crippen molar-refractivity contribution < 1.29 is 22.8 Å². The van der Waals surface area contributed by atoms with Crippen molar-refractivity contribution in [1.82, 2.24) is 0 Å². The molecule has 128 valence electrons. The molecule has 1 heterocycles. The third-order valence-corrected chi connectivity index (χ3v) is 4.95. The van der Waals surface area contributed by atoms with Crippen molar-refractivity contribution in [3.8, 4) is 0 Å². The van der Waals surface area contributed by atoms with Crippen molar-refractivity contribution in [3.05, 3.63) is 24.3 Å². The highest BCUT2D eigenvalue weighted by Gasteiger charge is 2.32. The lowest BCUT2D eigenvalue weighted by Crippen LogP contribution is -3.19. The van der Waals surface area contributed by atoms with E-state index in [4.69, 9.17) is 9.88 Å². The summed E-state index contributed by atoms with van der Waals surface area (Å²) < 4.78 is 28.1. The highest BCUT2D eigenvalue weighted by atomic mass is 32.2. The molecule has 0 saturated carbocycles. The molecule has 23 heavy (non-hydrogen) atoms. The van der Waals surface area contributed by atoms with Gasteiger partial charge in [-0.3, -0.25) is 4.79 Å². The summed E-state index contributed by atoms with van der Waals surface area (Å²) in [5.74, 6) is -0.107. The van der Waals surface area contributed by atoms with Gasteiger partial charge in [0.1, 0.15) is 25.3 Å². The predicted molar refractivity (Wildman–Crippen MR) is 86.6 cm³/mol. The number of nitrogens with two attached hydrogens (primary N) is 1. The van der Waals surface area contributed by atoms with Gasteiger partial charge in [-0.2, -0.15) is 0 Å². The molecule has 1 aromatic rings. The second kappa shape index (κ2) is 6.96. The molecule has 0 radical (unpaired) electrons. The number of amides is 1. The number of rotatable bonds is 4. The molecule has 0 unspecified atom stereocenters. The van der Waals surface area contributed by atoms with Crippen molar-refractivity contribution >= 4 is 21.6 Å². The highest BCUT2D eigenvalue weighted by Crippen LogP contribution is 2.12. The van der Waals surface area contributed by atoms with Crippen molar-refractivity contribution in [2.45, 2.75) is 43.9 Å². The number of carbonyl (C=O) groups is 1. The number of sulfonamides is 1. The second-order valence-electron chi connectivity index (χ2n) is 6.10. The molecule has 1 aromatic carbocycles. The number of morpholine rings is 1. The second-order valence-corrected chi connectivity index (χ2v) is 7.67. The number of anilines is 1. The molecular weight excluding hydrogens is 318 g/mol. The summed E-state index contributed by atoms with van der Waals surface area (Å²) in [7, 11) is -3.72. The molecule has 0 aliphatic carbocycles. The smallest absolute Gasteiger partial charge is 0.282 e. The van der Waals surface area contributed by atoms with Crippen LogP contribution >= 0.6 is 0 Å². The molecule has 0 bridgehead atoms. The molecule has 1 fully saturated rings. The Labute approximate surface area is 136 Å². The van der Waals surface area contributed by atoms with Crippen molar-refractivity contribution in [2.75, 3.05) is 18.4 Å². The third-order valence-electron chi connectivity index (χ3n) is 4.02. The summed E-state index contributed by atoms with van der Waals surface area (Å²) in [5.41, 5.74) is 0.544. The Balaban J connectivity index is 2.01. The fraction of sp³-hybridized carbons (Fsp3) is 0.533. The van der Waals surface area contributed by atoms with Gasteiger partial charge >= 0.3 is 0 Å². The molecule has 2 rings (SSSR count). The fourth-order valence-corrected chi connectivity index (χ4v) is 3.35. The Morgan fingerprint density at radius 3 is 2.26 bits per heavy atom. The quantitative estimate of drug-likeness (QED) is 0.677. The topological polar surface area (TPSA) is 103 Å². The Kier molecular flexibility index (Phi) is 5.41. The van der Waals surface area contributed by atoms with Crippen LogP contribution in [-0.4, -0.2) is 45.7 Å². The number of benzene rings is 1. The average Bonchev–Trinajstić information content (AvgIpc) is 2.45. The van der Waals surface area contributed by atoms with Gasteiger partial charge in [0, 0.05) is 5.69 Å². The summed E-state index contributed by atoms with van der Waals surface area (Å²) in [6.45, 7) is 7.46. The van der Waals surface area contributed by atoms with E-state index in [1.165, 1.54) is 29.2 Å². The van der Waals surface area contributed by atoms with Gasteiger partial charge in [0.25, 0.3) is 5.91 Å². The van der Waals surface area contributed by atoms with Gasteiger partial charge in [-0.1, -0.05) is 0 Å². The van der Waals surface area contributed by atoms with Crippen LogP contribution in [0.2, 0.25) is 0 Å². The lowest BCUT2D eigenvalue weighted by Gasteiger charge is -2.35. The van der Waals surface area contributed by atoms with Gasteiger partial charge in [-0.05, 0) is 45.0 Å². The Morgan fingerprint density at radius 2 is 1.78 bits per heavy atom. The number of hydrogen-bond donors (Lipinski definition) is 3. The van der Waals surface area contributed by atoms with Crippen LogP contribution in [0.1, 0.15) is 20.8 Å². The minimum Gasteiger partial charge on any atom is -0.364 e. The molecule has 7 nitrogen and oxygen atoms in total. The molecule has 4 N–H and O–H groups in total. The number of quaternary nitrogens is 1. The monoisotopic (exact) mass is 342 g/mol. The lowest BCUT2D eigenvalue weighted by atomic mass is 10.1. The summed E-state index contributed by atoms with van der Waals surface area (Å²) in [4.78, 5) is 13.6. The summed E-state index contributed by atoms with van der Waals surface area (Å²) in [5, 5.41) is 7.86. The maximum atomic E-state index is 12.4. The van der Waals surface area contributed by atoms with Crippen molar-refractivity contribution in [1.29, 1.82) is 0 Å². The van der Waals surface area contributed by atoms with E-state index < -0.39 is 10.0 Å². The van der Waals surface area contributed by atoms with E-state index in [2.05, 4.69) is 5.32 Å². The van der Waals surface area contributed by atoms with Crippen LogP contribution in [-0.2, 0) is 19.6 Å². The first-order valence-corrected chi connectivity index (χ1v) is 9.15. The van der Waals surface area contributed by atoms with Crippen molar-refractivity contribution in [2.24, 2.45) is 5.14 Å². The van der Waals surface area contributed by atoms with Gasteiger partial charge in [0.2, 0.25) is 10.0 Å². The molecule has 1 aliphatic rings. The Hall–Kier alpha value is -1.48. The van der Waals surface area contributed by atoms with Gasteiger partial charge in [-0.25, -0.2) is 13.6 Å². The van der Waals surface area contributed by atoms with Crippen LogP contribution < -0.4 is 15.4 Å². The molecule has 0 spiro atoms. The molecule has 1 amide bonds. The maximum absolute atomic E-state index is 12.4. The number of nitrogens with one attached hydrogen (secondary N) is 2. The van der Waals surface area contributed by atoms with E-state index in [1.54, 1.807) is 0 Å². The minimum atomic E-state index is -3.72. The zero-order chi connectivity index (χ0) is 17.2. The summed E-state index contributed by atoms with van der Waals surface area (Å²) >= 11 is 0. The molecule has 8 heteroatoms. The SMILES string of the molecule is C[C@H]1C[NH+]([C@@H](C)C(=O)Nc2ccc(S(N)(=O)=O)cc2)C[C@H](C)O1. The first kappa shape index (κ1) is 17.9. The molecule has 1 saturated heterocycles. The number of hydrogen-bond acceptors (Lipinski definition) is 4. The molecule has 0 aromatic heterocycles. The van der Waals surface area contributed by atoms with Crippen LogP contribution in [0.15, 0.2) is 29.2 Å². The summed E-state index contributed by atoms with van der Waals surface area (Å²) in [6.07, 6.45) is 0.246. The van der Waals surface area contributed by atoms with Crippen LogP contribution in [0.4, 0.5) is 5.69 Å². The van der Waals surface area contributed by atoms with E-state index in [0.29, 0.717) is 5.69 Å². The van der Waals surface area contributed by atoms with E-state index in [-0.39, 0.29) is 29.1 Å². The maximum Gasteiger partial charge on any atom is 0.282 e. The standard InChI is InChI=1S/C15H23N3O4S/c1-10-8-18(9-11(2)22-10)12(3)15(19)17-13-4-6-14(7-5-13)23(16,20)21/h4-7,10-12H,8-9H2,1-3H3,(H,17,19)(H2,16,20,21)/p+1/t10-,11-,12-/m0/s1. The Bertz CT molecular complexity index is 650. The van der Waals surface area contributed by atoms with E-state index in [9.17, 15) is 13.2 Å². The lowest BCUT2D eigenvalue weighted by molar-refractivity contribution is -0.928. The number of carbonyl (C=O) groups excluding carboxylic acids is 1. The number of ether oxygens (including phenoxy) is 1. The summed E-state index contributed by atoms with van der Waals surface area (Å²) in [6, 6.07) is 5.60. The van der Waals surface area contributed by atoms with Crippen LogP contribution in [0.25, 0.3) is 0 Å². The van der Waals surface area contributed by atoms with Gasteiger partial charge in [-0.15, -0.1) is 0 Å². The molecular formula is C15H24N3O4S+. The van der Waals surface area contributed by atoms with E-state index in [1.807, 2.05) is 20.8 Å². The van der Waals surface area contributed by atoms with E-state index >= 15 is 0 Å². The van der Waals surface area contributed by atoms with Gasteiger partial charge < -0.3 is 15.0 Å². The third kappa shape index (κ3) is 4.74. The predicted octanol–water partition coefficient (Wildman–Crippen LogP) is -0.647. The first-order chi connectivity index (χ1) is 10.7. The minimum absolute atomic E-state index is 0.0185. The van der Waals surface area contributed by atoms with Crippen LogP contribution in [0, 0.1) is 0 Å². The van der Waals surface area contributed by atoms with E-state index in [0.717, 1.165) is 13.1 Å². The average molecular weight is 342 g/mol. The zero-order valence-electron chi connectivity index (χ0n) is 13.6. The zero-order valence-corrected chi connectivity index (χ0v) is 14.4. The Morgan fingerprint density at radius 1 is 1.26 bits per heavy atom. The van der Waals surface area contributed by atoms with Crippen LogP contribution in [0.3, 0.4) is 0 Å². The van der Waals surface area contributed by atoms with Gasteiger partial charge in [0.05, 0.1) is 4.90 Å². The first-order valence-electron chi connectivity index (χ1n) is 7.60. The fourth-order valence-electron chi connectivity index (χ4n) is 2.83. The molecule has 1 aliphatic heterocycles. The van der Waals surface area contributed by atoms with Crippen LogP contribution in [0.5, 0.6) is 0 Å². The normalized spacial score (nSPS) is 26.5.